The van der Waals surface area contributed by atoms with Crippen LogP contribution in [0.2, 0.25) is 0 Å². The molecule has 2 aromatic rings. The van der Waals surface area contributed by atoms with E-state index in [9.17, 15) is 8.42 Å². The van der Waals surface area contributed by atoms with Gasteiger partial charge in [0.15, 0.2) is 0 Å². The van der Waals surface area contributed by atoms with Gasteiger partial charge in [-0.1, -0.05) is 56.7 Å². The molecular formula is C24H34N2O3S. The summed E-state index contributed by atoms with van der Waals surface area (Å²) in [6.07, 6.45) is 6.11. The fourth-order valence-corrected chi connectivity index (χ4v) is 4.63. The molecule has 1 N–H and O–H groups in total. The summed E-state index contributed by atoms with van der Waals surface area (Å²) >= 11 is 0. The molecule has 0 saturated carbocycles. The van der Waals surface area contributed by atoms with Crippen LogP contribution in [0.15, 0.2) is 48.5 Å². The molecule has 6 heteroatoms. The predicted molar refractivity (Wildman–Crippen MR) is 124 cm³/mol. The van der Waals surface area contributed by atoms with Gasteiger partial charge in [0.2, 0.25) is 0 Å². The first-order valence-corrected chi connectivity index (χ1v) is 12.6. The average Bonchev–Trinajstić information content (AvgIpc) is 2.70. The van der Waals surface area contributed by atoms with Crippen LogP contribution in [0, 0.1) is 0 Å². The highest BCUT2D eigenvalue weighted by Gasteiger charge is 2.35. The third-order valence-electron chi connectivity index (χ3n) is 6.04. The quantitative estimate of drug-likeness (QED) is 0.703. The fourth-order valence-electron chi connectivity index (χ4n) is 4.63. The number of nitrogens with zero attached hydrogens (tertiary/aromatic N) is 2. The van der Waals surface area contributed by atoms with Gasteiger partial charge in [-0.25, -0.2) is 0 Å². The molecule has 1 saturated heterocycles. The van der Waals surface area contributed by atoms with Crippen molar-refractivity contribution in [1.29, 1.82) is 0 Å². The van der Waals surface area contributed by atoms with Gasteiger partial charge in [-0.2, -0.15) is 8.42 Å². The minimum absolute atomic E-state index is 0.0660. The minimum Gasteiger partial charge on any atom is -0.341 e. The van der Waals surface area contributed by atoms with Crippen LogP contribution in [0.3, 0.4) is 0 Å². The van der Waals surface area contributed by atoms with E-state index in [1.807, 2.05) is 0 Å². The van der Waals surface area contributed by atoms with Gasteiger partial charge >= 0.3 is 0 Å². The second-order valence-corrected chi connectivity index (χ2v) is 10.3. The Morgan fingerprint density at radius 2 is 1.33 bits per heavy atom. The molecule has 0 spiro atoms. The van der Waals surface area contributed by atoms with Gasteiger partial charge < -0.3 is 9.80 Å². The highest BCUT2D eigenvalue weighted by Crippen LogP contribution is 2.48. The van der Waals surface area contributed by atoms with E-state index in [0.717, 1.165) is 6.54 Å². The summed E-state index contributed by atoms with van der Waals surface area (Å²) in [6, 6.07) is 17.9. The van der Waals surface area contributed by atoms with Crippen molar-refractivity contribution in [2.45, 2.75) is 44.9 Å². The molecule has 30 heavy (non-hydrogen) atoms. The molecule has 164 valence electrons. The molecule has 2 aliphatic rings. The van der Waals surface area contributed by atoms with Crippen LogP contribution in [-0.4, -0.2) is 50.3 Å². The first kappa shape index (κ1) is 22.8. The van der Waals surface area contributed by atoms with Crippen molar-refractivity contribution in [1.82, 2.24) is 4.90 Å². The lowest BCUT2D eigenvalue weighted by atomic mass is 9.73. The number of piperidine rings is 1. The lowest BCUT2D eigenvalue weighted by Gasteiger charge is -2.42. The Labute approximate surface area is 181 Å². The monoisotopic (exact) mass is 430 g/mol. The van der Waals surface area contributed by atoms with Crippen molar-refractivity contribution >= 4 is 21.5 Å². The van der Waals surface area contributed by atoms with Crippen molar-refractivity contribution in [2.24, 2.45) is 0 Å². The third-order valence-corrected chi connectivity index (χ3v) is 6.04. The number of rotatable bonds is 4. The van der Waals surface area contributed by atoms with Gasteiger partial charge in [-0.15, -0.1) is 0 Å². The number of likely N-dealkylation sites (tertiary alicyclic amines) is 1. The predicted octanol–water partition coefficient (Wildman–Crippen LogP) is 4.84. The Hall–Kier alpha value is -1.89. The zero-order valence-corrected chi connectivity index (χ0v) is 19.2. The average molecular weight is 431 g/mol. The number of anilines is 2. The Kier molecular flexibility index (Phi) is 7.22. The van der Waals surface area contributed by atoms with E-state index in [1.165, 1.54) is 67.8 Å². The van der Waals surface area contributed by atoms with Crippen LogP contribution in [0.25, 0.3) is 0 Å². The van der Waals surface area contributed by atoms with E-state index in [1.54, 1.807) is 0 Å². The Balaban J connectivity index is 0.000000461. The van der Waals surface area contributed by atoms with Crippen molar-refractivity contribution in [3.05, 3.63) is 59.7 Å². The summed E-state index contributed by atoms with van der Waals surface area (Å²) < 4.78 is 25.9. The third kappa shape index (κ3) is 5.62. The molecular weight excluding hydrogens is 396 g/mol. The maximum atomic E-state index is 9.19. The van der Waals surface area contributed by atoms with Crippen molar-refractivity contribution in [2.75, 3.05) is 37.3 Å². The smallest absolute Gasteiger partial charge is 0.261 e. The molecule has 0 amide bonds. The molecule has 0 aromatic heterocycles. The van der Waals surface area contributed by atoms with Crippen LogP contribution in [-0.2, 0) is 15.5 Å². The van der Waals surface area contributed by atoms with Gasteiger partial charge in [-0.05, 0) is 62.2 Å². The molecule has 2 aromatic carbocycles. The second kappa shape index (κ2) is 9.50. The molecule has 2 heterocycles. The molecule has 4 rings (SSSR count). The highest BCUT2D eigenvalue weighted by molar-refractivity contribution is 7.85. The summed E-state index contributed by atoms with van der Waals surface area (Å²) in [7, 11) is -3.67. The molecule has 0 atom stereocenters. The normalized spacial score (nSPS) is 18.1. The van der Waals surface area contributed by atoms with Crippen LogP contribution < -0.4 is 4.90 Å². The first-order valence-electron chi connectivity index (χ1n) is 10.8. The zero-order valence-electron chi connectivity index (χ0n) is 18.3. The molecule has 0 bridgehead atoms. The molecule has 0 unspecified atom stereocenters. The van der Waals surface area contributed by atoms with E-state index in [2.05, 4.69) is 72.2 Å². The highest BCUT2D eigenvalue weighted by atomic mass is 32.2. The lowest BCUT2D eigenvalue weighted by molar-refractivity contribution is 0.227. The lowest BCUT2D eigenvalue weighted by Crippen LogP contribution is -2.36. The summed E-state index contributed by atoms with van der Waals surface area (Å²) in [5.74, 6) is 0. The number of para-hydroxylation sites is 2. The number of benzene rings is 2. The summed E-state index contributed by atoms with van der Waals surface area (Å²) in [5.41, 5.74) is 5.75. The second-order valence-electron chi connectivity index (χ2n) is 8.80. The van der Waals surface area contributed by atoms with Gasteiger partial charge in [0, 0.05) is 23.3 Å². The van der Waals surface area contributed by atoms with Crippen LogP contribution in [0.5, 0.6) is 0 Å². The summed E-state index contributed by atoms with van der Waals surface area (Å²) in [4.78, 5) is 5.20. The number of hydrogen-bond acceptors (Lipinski definition) is 4. The standard InChI is InChI=1S/C23H30N2.CH4O3S/c1-23(2)19-11-4-6-13-21(19)25(22-14-7-5-12-20(22)23)18-10-17-24-15-8-3-9-16-24;1-5(2,3)4/h4-7,11-14H,3,8-10,15-18H2,1-2H3;1H3,(H,2,3,4). The molecule has 0 aliphatic carbocycles. The molecule has 0 radical (unpaired) electrons. The zero-order chi connectivity index (χ0) is 21.8. The van der Waals surface area contributed by atoms with Crippen molar-refractivity contribution in [3.63, 3.8) is 0 Å². The Morgan fingerprint density at radius 3 is 1.83 bits per heavy atom. The topological polar surface area (TPSA) is 60.9 Å². The first-order chi connectivity index (χ1) is 14.2. The van der Waals surface area contributed by atoms with E-state index in [4.69, 9.17) is 4.55 Å². The Morgan fingerprint density at radius 1 is 0.867 bits per heavy atom. The molecule has 1 fully saturated rings. The summed E-state index contributed by atoms with van der Waals surface area (Å²) in [5, 5.41) is 0. The van der Waals surface area contributed by atoms with Gasteiger partial charge in [0.05, 0.1) is 6.26 Å². The van der Waals surface area contributed by atoms with Crippen molar-refractivity contribution in [3.8, 4) is 0 Å². The SMILES string of the molecule is CC1(C)c2ccccc2N(CCCN2CCCCC2)c2ccccc21.CS(=O)(=O)O. The molecule has 5 nitrogen and oxygen atoms in total. The van der Waals surface area contributed by atoms with E-state index < -0.39 is 10.1 Å². The number of fused-ring (bicyclic) bond motifs is 2. The molecule has 2 aliphatic heterocycles. The maximum absolute atomic E-state index is 9.19. The number of hydrogen-bond donors (Lipinski definition) is 1. The van der Waals surface area contributed by atoms with E-state index in [-0.39, 0.29) is 5.41 Å². The fraction of sp³-hybridized carbons (Fsp3) is 0.500. The summed E-state index contributed by atoms with van der Waals surface area (Å²) in [6.45, 7) is 9.62. The Bertz CT molecular complexity index is 893. The minimum atomic E-state index is -3.67. The maximum Gasteiger partial charge on any atom is 0.261 e. The van der Waals surface area contributed by atoms with E-state index in [0.29, 0.717) is 6.26 Å². The van der Waals surface area contributed by atoms with Crippen molar-refractivity contribution < 1.29 is 13.0 Å². The van der Waals surface area contributed by atoms with Crippen LogP contribution >= 0.6 is 0 Å². The van der Waals surface area contributed by atoms with Gasteiger partial charge in [-0.3, -0.25) is 4.55 Å². The van der Waals surface area contributed by atoms with Gasteiger partial charge in [0.25, 0.3) is 10.1 Å². The van der Waals surface area contributed by atoms with Crippen LogP contribution in [0.4, 0.5) is 11.4 Å². The van der Waals surface area contributed by atoms with Crippen LogP contribution in [0.1, 0.15) is 50.7 Å². The largest absolute Gasteiger partial charge is 0.341 e. The van der Waals surface area contributed by atoms with Gasteiger partial charge in [0.1, 0.15) is 0 Å². The van der Waals surface area contributed by atoms with E-state index >= 15 is 0 Å².